The van der Waals surface area contributed by atoms with Gasteiger partial charge in [0.2, 0.25) is 0 Å². The van der Waals surface area contributed by atoms with Gasteiger partial charge in [-0.1, -0.05) is 0 Å². The summed E-state index contributed by atoms with van der Waals surface area (Å²) in [5.41, 5.74) is 0. The van der Waals surface area contributed by atoms with Crippen molar-refractivity contribution in [1.29, 1.82) is 0 Å². The molecule has 2 rings (SSSR count). The number of likely N-dealkylation sites (tertiary alicyclic amines) is 1. The molecule has 2 N–H and O–H groups in total. The molecule has 2 saturated heterocycles. The third-order valence-corrected chi connectivity index (χ3v) is 2.30. The average molecular weight is 142 g/mol. The summed E-state index contributed by atoms with van der Waals surface area (Å²) in [5, 5.41) is 11.9. The van der Waals surface area contributed by atoms with Crippen LogP contribution in [-0.4, -0.2) is 41.3 Å². The van der Waals surface area contributed by atoms with Gasteiger partial charge >= 0.3 is 6.09 Å². The SMILES string of the molecule is O=C(O)N1C[C@@H]2CC1CN2. The Morgan fingerprint density at radius 1 is 1.70 bits per heavy atom. The van der Waals surface area contributed by atoms with Crippen molar-refractivity contribution < 1.29 is 9.90 Å². The van der Waals surface area contributed by atoms with Crippen LogP contribution in [0.1, 0.15) is 6.42 Å². The maximum atomic E-state index is 10.5. The second kappa shape index (κ2) is 1.85. The zero-order valence-electron chi connectivity index (χ0n) is 5.58. The van der Waals surface area contributed by atoms with E-state index in [0.29, 0.717) is 12.6 Å². The molecule has 4 heteroatoms. The van der Waals surface area contributed by atoms with Gasteiger partial charge in [0.05, 0.1) is 0 Å². The predicted octanol–water partition coefficient (Wildman–Crippen LogP) is -0.289. The molecule has 2 heterocycles. The Morgan fingerprint density at radius 3 is 2.80 bits per heavy atom. The van der Waals surface area contributed by atoms with Crippen LogP contribution in [0.3, 0.4) is 0 Å². The topological polar surface area (TPSA) is 52.6 Å². The Hall–Kier alpha value is -0.770. The Labute approximate surface area is 58.8 Å². The molecule has 0 radical (unpaired) electrons. The molecule has 56 valence electrons. The van der Waals surface area contributed by atoms with Gasteiger partial charge < -0.3 is 15.3 Å². The standard InChI is InChI=1S/C6H10N2O2/c9-6(10)8-3-4-1-5(8)2-7-4/h4-5,7H,1-3H2,(H,9,10)/t4-,5?/m0/s1. The van der Waals surface area contributed by atoms with Crippen LogP contribution in [0.15, 0.2) is 0 Å². The number of nitrogens with one attached hydrogen (secondary N) is 1. The van der Waals surface area contributed by atoms with Crippen molar-refractivity contribution in [3.05, 3.63) is 0 Å². The number of carbonyl (C=O) groups is 1. The normalized spacial score (nSPS) is 37.0. The molecule has 4 nitrogen and oxygen atoms in total. The van der Waals surface area contributed by atoms with Gasteiger partial charge in [0.1, 0.15) is 0 Å². The summed E-state index contributed by atoms with van der Waals surface area (Å²) >= 11 is 0. The van der Waals surface area contributed by atoms with Crippen molar-refractivity contribution in [3.8, 4) is 0 Å². The Morgan fingerprint density at radius 2 is 2.50 bits per heavy atom. The molecule has 1 amide bonds. The van der Waals surface area contributed by atoms with Gasteiger partial charge in [-0.2, -0.15) is 0 Å². The van der Waals surface area contributed by atoms with Gasteiger partial charge in [0, 0.05) is 25.2 Å². The monoisotopic (exact) mass is 142 g/mol. The lowest BCUT2D eigenvalue weighted by atomic mass is 10.2. The Kier molecular flexibility index (Phi) is 1.11. The smallest absolute Gasteiger partial charge is 0.407 e. The molecule has 2 bridgehead atoms. The summed E-state index contributed by atoms with van der Waals surface area (Å²) < 4.78 is 0. The minimum atomic E-state index is -0.769. The lowest BCUT2D eigenvalue weighted by Crippen LogP contribution is -2.45. The minimum Gasteiger partial charge on any atom is -0.465 e. The Bertz CT molecular complexity index is 171. The molecular weight excluding hydrogens is 132 g/mol. The largest absolute Gasteiger partial charge is 0.465 e. The first-order chi connectivity index (χ1) is 4.77. The molecule has 10 heavy (non-hydrogen) atoms. The Balaban J connectivity index is 2.08. The van der Waals surface area contributed by atoms with Crippen molar-refractivity contribution in [3.63, 3.8) is 0 Å². The number of hydrogen-bond donors (Lipinski definition) is 2. The van der Waals surface area contributed by atoms with Gasteiger partial charge in [-0.05, 0) is 6.42 Å². The number of hydrogen-bond acceptors (Lipinski definition) is 2. The predicted molar refractivity (Wildman–Crippen MR) is 34.9 cm³/mol. The number of piperazine rings is 1. The first-order valence-corrected chi connectivity index (χ1v) is 3.50. The van der Waals surface area contributed by atoms with Crippen molar-refractivity contribution in [2.75, 3.05) is 13.1 Å². The van der Waals surface area contributed by atoms with Crippen molar-refractivity contribution in [2.24, 2.45) is 0 Å². The second-order valence-corrected chi connectivity index (χ2v) is 2.93. The van der Waals surface area contributed by atoms with Gasteiger partial charge in [0.15, 0.2) is 0 Å². The van der Waals surface area contributed by atoms with E-state index in [2.05, 4.69) is 5.32 Å². The summed E-state index contributed by atoms with van der Waals surface area (Å²) in [7, 11) is 0. The highest BCUT2D eigenvalue weighted by Gasteiger charge is 2.39. The molecule has 2 atom stereocenters. The lowest BCUT2D eigenvalue weighted by molar-refractivity contribution is 0.134. The zero-order chi connectivity index (χ0) is 7.14. The number of amides is 1. The van der Waals surface area contributed by atoms with E-state index in [4.69, 9.17) is 5.11 Å². The van der Waals surface area contributed by atoms with Crippen molar-refractivity contribution in [2.45, 2.75) is 18.5 Å². The minimum absolute atomic E-state index is 0.252. The summed E-state index contributed by atoms with van der Waals surface area (Å²) in [5.74, 6) is 0. The highest BCUT2D eigenvalue weighted by Crippen LogP contribution is 2.22. The van der Waals surface area contributed by atoms with E-state index < -0.39 is 6.09 Å². The molecule has 0 aliphatic carbocycles. The fraction of sp³-hybridized carbons (Fsp3) is 0.833. The molecular formula is C6H10N2O2. The average Bonchev–Trinajstić information content (AvgIpc) is 2.44. The second-order valence-electron chi connectivity index (χ2n) is 2.93. The molecule has 2 fully saturated rings. The molecule has 0 spiro atoms. The van der Waals surface area contributed by atoms with E-state index >= 15 is 0 Å². The van der Waals surface area contributed by atoms with Crippen molar-refractivity contribution >= 4 is 6.09 Å². The van der Waals surface area contributed by atoms with E-state index in [0.717, 1.165) is 13.0 Å². The molecule has 0 aromatic heterocycles. The zero-order valence-corrected chi connectivity index (χ0v) is 5.58. The summed E-state index contributed by atoms with van der Waals surface area (Å²) in [6.07, 6.45) is 0.237. The number of nitrogens with zero attached hydrogens (tertiary/aromatic N) is 1. The molecule has 2 aliphatic heterocycles. The van der Waals surface area contributed by atoms with E-state index in [1.165, 1.54) is 4.90 Å². The summed E-state index contributed by atoms with van der Waals surface area (Å²) in [4.78, 5) is 12.0. The third kappa shape index (κ3) is 0.686. The number of rotatable bonds is 0. The van der Waals surface area contributed by atoms with E-state index in [1.54, 1.807) is 0 Å². The van der Waals surface area contributed by atoms with Crippen molar-refractivity contribution in [1.82, 2.24) is 10.2 Å². The molecule has 2 aliphatic rings. The van der Waals surface area contributed by atoms with Crippen LogP contribution in [-0.2, 0) is 0 Å². The van der Waals surface area contributed by atoms with Gasteiger partial charge in [-0.15, -0.1) is 0 Å². The van der Waals surface area contributed by atoms with Gasteiger partial charge in [0.25, 0.3) is 0 Å². The fourth-order valence-corrected chi connectivity index (χ4v) is 1.80. The van der Waals surface area contributed by atoms with Crippen LogP contribution in [0.4, 0.5) is 4.79 Å². The van der Waals surface area contributed by atoms with Crippen LogP contribution in [0.5, 0.6) is 0 Å². The summed E-state index contributed by atoms with van der Waals surface area (Å²) in [6.45, 7) is 1.52. The maximum absolute atomic E-state index is 10.5. The first-order valence-electron chi connectivity index (χ1n) is 3.50. The molecule has 1 unspecified atom stereocenters. The highest BCUT2D eigenvalue weighted by molar-refractivity contribution is 5.66. The van der Waals surface area contributed by atoms with Crippen LogP contribution in [0, 0.1) is 0 Å². The molecule has 0 aromatic carbocycles. The van der Waals surface area contributed by atoms with Crippen LogP contribution in [0.25, 0.3) is 0 Å². The van der Waals surface area contributed by atoms with E-state index in [1.807, 2.05) is 0 Å². The molecule has 0 saturated carbocycles. The van der Waals surface area contributed by atoms with Gasteiger partial charge in [-0.25, -0.2) is 4.79 Å². The quantitative estimate of drug-likeness (QED) is 0.488. The number of carboxylic acid groups (broad SMARTS) is 1. The van der Waals surface area contributed by atoms with Crippen LogP contribution < -0.4 is 5.32 Å². The van der Waals surface area contributed by atoms with Crippen LogP contribution >= 0.6 is 0 Å². The molecule has 0 aromatic rings. The maximum Gasteiger partial charge on any atom is 0.407 e. The number of fused-ring (bicyclic) bond motifs is 2. The van der Waals surface area contributed by atoms with E-state index in [-0.39, 0.29) is 6.04 Å². The lowest BCUT2D eigenvalue weighted by Gasteiger charge is -2.23. The summed E-state index contributed by atoms with van der Waals surface area (Å²) in [6, 6.07) is 0.684. The third-order valence-electron chi connectivity index (χ3n) is 2.30. The highest BCUT2D eigenvalue weighted by atomic mass is 16.4. The van der Waals surface area contributed by atoms with Crippen LogP contribution in [0.2, 0.25) is 0 Å². The fourth-order valence-electron chi connectivity index (χ4n) is 1.80. The van der Waals surface area contributed by atoms with Gasteiger partial charge in [-0.3, -0.25) is 0 Å². The first kappa shape index (κ1) is 5.97. The van der Waals surface area contributed by atoms with E-state index in [9.17, 15) is 4.79 Å².